The average molecular weight is 296 g/mol. The summed E-state index contributed by atoms with van der Waals surface area (Å²) in [6.45, 7) is 6.31. The molecule has 0 aliphatic carbocycles. The topological polar surface area (TPSA) is 35.5 Å². The Kier molecular flexibility index (Phi) is 3.65. The number of ether oxygens (including phenoxy) is 2. The number of benzene rings is 2. The number of carbonyl (C=O) groups is 1. The predicted molar refractivity (Wildman–Crippen MR) is 85.6 cm³/mol. The molecule has 0 saturated carbocycles. The molecule has 0 spiro atoms. The van der Waals surface area contributed by atoms with Gasteiger partial charge in [0.15, 0.2) is 5.78 Å². The molecule has 1 heterocycles. The number of rotatable bonds is 3. The normalized spacial score (nSPS) is 15.9. The Morgan fingerprint density at radius 1 is 1.14 bits per heavy atom. The number of hydrogen-bond donors (Lipinski definition) is 0. The van der Waals surface area contributed by atoms with Crippen molar-refractivity contribution in [2.45, 2.75) is 39.4 Å². The van der Waals surface area contributed by atoms with Crippen LogP contribution >= 0.6 is 0 Å². The average Bonchev–Trinajstić information content (AvgIpc) is 2.47. The van der Waals surface area contributed by atoms with Gasteiger partial charge in [-0.3, -0.25) is 4.79 Å². The Morgan fingerprint density at radius 3 is 2.59 bits per heavy atom. The number of Topliss-reactive ketones (excluding diaryl/α,β-unsaturated/α-hetero) is 1. The van der Waals surface area contributed by atoms with Gasteiger partial charge in [-0.25, -0.2) is 0 Å². The van der Waals surface area contributed by atoms with Crippen molar-refractivity contribution in [3.63, 3.8) is 0 Å². The van der Waals surface area contributed by atoms with E-state index in [9.17, 15) is 4.79 Å². The van der Waals surface area contributed by atoms with E-state index < -0.39 is 5.60 Å². The van der Waals surface area contributed by atoms with E-state index in [1.165, 1.54) is 0 Å². The number of ketones is 1. The van der Waals surface area contributed by atoms with E-state index in [4.69, 9.17) is 9.47 Å². The zero-order valence-corrected chi connectivity index (χ0v) is 13.2. The second-order valence-corrected chi connectivity index (χ2v) is 6.30. The standard InChI is InChI=1S/C19H20O3/c1-13-17(21-12-14-7-5-4-6-8-14)10-9-15-16(20)11-19(2,3)22-18(13)15/h4-10H,11-12H2,1-3H3. The molecule has 22 heavy (non-hydrogen) atoms. The van der Waals surface area contributed by atoms with Crippen molar-refractivity contribution in [1.82, 2.24) is 0 Å². The molecule has 0 saturated heterocycles. The summed E-state index contributed by atoms with van der Waals surface area (Å²) in [5.74, 6) is 1.55. The fourth-order valence-electron chi connectivity index (χ4n) is 2.71. The van der Waals surface area contributed by atoms with E-state index in [1.807, 2.05) is 57.2 Å². The molecule has 0 fully saturated rings. The van der Waals surface area contributed by atoms with Gasteiger partial charge in [-0.2, -0.15) is 0 Å². The molecule has 0 atom stereocenters. The first-order valence-corrected chi connectivity index (χ1v) is 7.49. The summed E-state index contributed by atoms with van der Waals surface area (Å²) >= 11 is 0. The molecule has 0 bridgehead atoms. The molecule has 0 N–H and O–H groups in total. The highest BCUT2D eigenvalue weighted by Crippen LogP contribution is 2.39. The van der Waals surface area contributed by atoms with Crippen molar-refractivity contribution in [2.75, 3.05) is 0 Å². The molecule has 0 radical (unpaired) electrons. The Hall–Kier alpha value is -2.29. The van der Waals surface area contributed by atoms with Crippen molar-refractivity contribution in [3.05, 3.63) is 59.2 Å². The molecule has 3 nitrogen and oxygen atoms in total. The van der Waals surface area contributed by atoms with Crippen molar-refractivity contribution in [1.29, 1.82) is 0 Å². The van der Waals surface area contributed by atoms with Crippen LogP contribution in [0.4, 0.5) is 0 Å². The molecule has 2 aromatic carbocycles. The summed E-state index contributed by atoms with van der Waals surface area (Å²) in [5, 5.41) is 0. The van der Waals surface area contributed by atoms with E-state index in [0.29, 0.717) is 24.3 Å². The van der Waals surface area contributed by atoms with Crippen molar-refractivity contribution in [2.24, 2.45) is 0 Å². The maximum absolute atomic E-state index is 12.2. The zero-order valence-electron chi connectivity index (χ0n) is 13.2. The highest BCUT2D eigenvalue weighted by molar-refractivity contribution is 6.01. The molecule has 1 aliphatic heterocycles. The van der Waals surface area contributed by atoms with Crippen molar-refractivity contribution in [3.8, 4) is 11.5 Å². The van der Waals surface area contributed by atoms with Crippen LogP contribution in [0.15, 0.2) is 42.5 Å². The minimum atomic E-state index is -0.465. The van der Waals surface area contributed by atoms with Gasteiger partial charge in [-0.15, -0.1) is 0 Å². The fraction of sp³-hybridized carbons (Fsp3) is 0.316. The predicted octanol–water partition coefficient (Wildman–Crippen LogP) is 4.32. The first kappa shape index (κ1) is 14.6. The Labute approximate surface area is 130 Å². The summed E-state index contributed by atoms with van der Waals surface area (Å²) in [5.41, 5.74) is 2.18. The molecule has 0 unspecified atom stereocenters. The lowest BCUT2D eigenvalue weighted by molar-refractivity contribution is 0.0613. The first-order chi connectivity index (χ1) is 10.5. The van der Waals surface area contributed by atoms with Gasteiger partial charge in [0.1, 0.15) is 23.7 Å². The van der Waals surface area contributed by atoms with E-state index in [-0.39, 0.29) is 5.78 Å². The second-order valence-electron chi connectivity index (χ2n) is 6.30. The smallest absolute Gasteiger partial charge is 0.170 e. The Bertz CT molecular complexity index is 702. The number of hydrogen-bond acceptors (Lipinski definition) is 3. The van der Waals surface area contributed by atoms with Gasteiger partial charge >= 0.3 is 0 Å². The molecular formula is C19H20O3. The molecule has 2 aromatic rings. The third-order valence-corrected chi connectivity index (χ3v) is 3.86. The van der Waals surface area contributed by atoms with Gasteiger partial charge in [-0.05, 0) is 38.5 Å². The zero-order chi connectivity index (χ0) is 15.7. The lowest BCUT2D eigenvalue weighted by Crippen LogP contribution is -2.36. The lowest BCUT2D eigenvalue weighted by atomic mass is 9.91. The van der Waals surface area contributed by atoms with Crippen LogP contribution in [0.1, 0.15) is 41.8 Å². The molecule has 0 amide bonds. The van der Waals surface area contributed by atoms with Crippen molar-refractivity contribution >= 4 is 5.78 Å². The van der Waals surface area contributed by atoms with Gasteiger partial charge in [-0.1, -0.05) is 30.3 Å². The van der Waals surface area contributed by atoms with Crippen molar-refractivity contribution < 1.29 is 14.3 Å². The van der Waals surface area contributed by atoms with Gasteiger partial charge in [0.25, 0.3) is 0 Å². The minimum absolute atomic E-state index is 0.129. The summed E-state index contributed by atoms with van der Waals surface area (Å²) in [6, 6.07) is 13.7. The maximum atomic E-state index is 12.2. The summed E-state index contributed by atoms with van der Waals surface area (Å²) < 4.78 is 11.9. The highest BCUT2D eigenvalue weighted by Gasteiger charge is 2.34. The van der Waals surface area contributed by atoms with Gasteiger partial charge in [0, 0.05) is 5.56 Å². The van der Waals surface area contributed by atoms with Crippen LogP contribution in [-0.4, -0.2) is 11.4 Å². The Morgan fingerprint density at radius 2 is 1.86 bits per heavy atom. The van der Waals surface area contributed by atoms with Crippen LogP contribution in [0.25, 0.3) is 0 Å². The van der Waals surface area contributed by atoms with Crippen LogP contribution in [-0.2, 0) is 6.61 Å². The van der Waals surface area contributed by atoms with Crippen LogP contribution in [0.5, 0.6) is 11.5 Å². The largest absolute Gasteiger partial charge is 0.488 e. The lowest BCUT2D eigenvalue weighted by Gasteiger charge is -2.33. The molecule has 0 aromatic heterocycles. The quantitative estimate of drug-likeness (QED) is 0.846. The Balaban J connectivity index is 1.87. The number of fused-ring (bicyclic) bond motifs is 1. The monoisotopic (exact) mass is 296 g/mol. The molecule has 1 aliphatic rings. The van der Waals surface area contributed by atoms with Gasteiger partial charge < -0.3 is 9.47 Å². The molecule has 3 rings (SSSR count). The van der Waals surface area contributed by atoms with Gasteiger partial charge in [0.05, 0.1) is 12.0 Å². The third kappa shape index (κ3) is 2.84. The van der Waals surface area contributed by atoms with Crippen LogP contribution in [0, 0.1) is 6.92 Å². The minimum Gasteiger partial charge on any atom is -0.488 e. The van der Waals surface area contributed by atoms with Crippen LogP contribution in [0.3, 0.4) is 0 Å². The van der Waals surface area contributed by atoms with Gasteiger partial charge in [0.2, 0.25) is 0 Å². The first-order valence-electron chi connectivity index (χ1n) is 7.49. The maximum Gasteiger partial charge on any atom is 0.170 e. The summed E-state index contributed by atoms with van der Waals surface area (Å²) in [7, 11) is 0. The van der Waals surface area contributed by atoms with Crippen LogP contribution in [0.2, 0.25) is 0 Å². The van der Waals surface area contributed by atoms with E-state index >= 15 is 0 Å². The van der Waals surface area contributed by atoms with Crippen LogP contribution < -0.4 is 9.47 Å². The summed E-state index contributed by atoms with van der Waals surface area (Å²) in [6.07, 6.45) is 0.406. The molecular weight excluding hydrogens is 276 g/mol. The molecule has 114 valence electrons. The SMILES string of the molecule is Cc1c(OCc2ccccc2)ccc2c1OC(C)(C)CC2=O. The third-order valence-electron chi connectivity index (χ3n) is 3.86. The van der Waals surface area contributed by atoms with E-state index in [1.54, 1.807) is 6.07 Å². The van der Waals surface area contributed by atoms with E-state index in [2.05, 4.69) is 0 Å². The van der Waals surface area contributed by atoms with E-state index in [0.717, 1.165) is 16.9 Å². The number of carbonyl (C=O) groups excluding carboxylic acids is 1. The molecule has 3 heteroatoms. The highest BCUT2D eigenvalue weighted by atomic mass is 16.5. The second kappa shape index (κ2) is 5.48. The fourth-order valence-corrected chi connectivity index (χ4v) is 2.71. The summed E-state index contributed by atoms with van der Waals surface area (Å²) in [4.78, 5) is 12.2.